The molecule has 0 aliphatic heterocycles. The van der Waals surface area contributed by atoms with Crippen LogP contribution in [0.4, 0.5) is 5.69 Å². The SMILES string of the molecule is Cc1cccc(Oc2ccc(S(N)(=O)=O)c(N)c2)c1. The minimum atomic E-state index is -3.81. The van der Waals surface area contributed by atoms with E-state index < -0.39 is 10.0 Å². The Bertz CT molecular complexity index is 712. The Hall–Kier alpha value is -2.05. The van der Waals surface area contributed by atoms with Gasteiger partial charge in [0.1, 0.15) is 16.4 Å². The van der Waals surface area contributed by atoms with Crippen molar-refractivity contribution >= 4 is 15.7 Å². The Kier molecular flexibility index (Phi) is 3.46. The molecule has 2 aromatic carbocycles. The standard InChI is InChI=1S/C13H14N2O3S/c1-9-3-2-4-10(7-9)18-11-5-6-13(12(14)8-11)19(15,16)17/h2-8H,14H2,1H3,(H2,15,16,17). The van der Waals surface area contributed by atoms with E-state index in [-0.39, 0.29) is 10.6 Å². The molecule has 5 nitrogen and oxygen atoms in total. The van der Waals surface area contributed by atoms with Gasteiger partial charge in [-0.15, -0.1) is 0 Å². The smallest absolute Gasteiger partial charge is 0.240 e. The number of benzene rings is 2. The van der Waals surface area contributed by atoms with Crippen molar-refractivity contribution in [3.05, 3.63) is 48.0 Å². The summed E-state index contributed by atoms with van der Waals surface area (Å²) in [5, 5.41) is 5.03. The Labute approximate surface area is 111 Å². The van der Waals surface area contributed by atoms with Crippen molar-refractivity contribution < 1.29 is 13.2 Å². The van der Waals surface area contributed by atoms with Crippen LogP contribution >= 0.6 is 0 Å². The number of nitrogens with two attached hydrogens (primary N) is 2. The molecule has 0 bridgehead atoms. The number of aryl methyl sites for hydroxylation is 1. The van der Waals surface area contributed by atoms with Gasteiger partial charge in [0.05, 0.1) is 5.69 Å². The number of hydrogen-bond acceptors (Lipinski definition) is 4. The highest BCUT2D eigenvalue weighted by atomic mass is 32.2. The van der Waals surface area contributed by atoms with E-state index >= 15 is 0 Å². The Morgan fingerprint density at radius 3 is 2.32 bits per heavy atom. The van der Waals surface area contributed by atoms with Crippen LogP contribution in [0.25, 0.3) is 0 Å². The van der Waals surface area contributed by atoms with Crippen molar-refractivity contribution in [2.45, 2.75) is 11.8 Å². The fraction of sp³-hybridized carbons (Fsp3) is 0.0769. The van der Waals surface area contributed by atoms with Crippen LogP contribution in [0.3, 0.4) is 0 Å². The van der Waals surface area contributed by atoms with Gasteiger partial charge in [0.2, 0.25) is 10.0 Å². The predicted molar refractivity (Wildman–Crippen MR) is 73.5 cm³/mol. The summed E-state index contributed by atoms with van der Waals surface area (Å²) in [6.45, 7) is 1.95. The molecule has 6 heteroatoms. The van der Waals surface area contributed by atoms with Gasteiger partial charge in [0, 0.05) is 6.07 Å². The Morgan fingerprint density at radius 1 is 1.05 bits per heavy atom. The molecule has 0 aliphatic rings. The number of nitrogen functional groups attached to an aromatic ring is 1. The molecule has 0 aromatic heterocycles. The third kappa shape index (κ3) is 3.24. The first-order valence-electron chi connectivity index (χ1n) is 5.53. The highest BCUT2D eigenvalue weighted by Gasteiger charge is 2.12. The second-order valence-electron chi connectivity index (χ2n) is 4.16. The predicted octanol–water partition coefficient (Wildman–Crippen LogP) is 2.02. The Balaban J connectivity index is 2.31. The normalized spacial score (nSPS) is 11.3. The average molecular weight is 278 g/mol. The first kappa shape index (κ1) is 13.4. The van der Waals surface area contributed by atoms with E-state index in [1.807, 2.05) is 25.1 Å². The summed E-state index contributed by atoms with van der Waals surface area (Å²) in [6.07, 6.45) is 0. The molecule has 0 saturated carbocycles. The van der Waals surface area contributed by atoms with E-state index in [0.29, 0.717) is 11.5 Å². The number of hydrogen-bond donors (Lipinski definition) is 2. The number of ether oxygens (including phenoxy) is 1. The van der Waals surface area contributed by atoms with Gasteiger partial charge in [0.15, 0.2) is 0 Å². The Morgan fingerprint density at radius 2 is 1.74 bits per heavy atom. The van der Waals surface area contributed by atoms with Crippen molar-refractivity contribution in [1.29, 1.82) is 0 Å². The second-order valence-corrected chi connectivity index (χ2v) is 5.69. The first-order valence-corrected chi connectivity index (χ1v) is 7.08. The zero-order chi connectivity index (χ0) is 14.0. The molecule has 0 aliphatic carbocycles. The number of anilines is 1. The molecule has 0 amide bonds. The minimum absolute atomic E-state index is 0.0626. The largest absolute Gasteiger partial charge is 0.457 e. The lowest BCUT2D eigenvalue weighted by atomic mass is 10.2. The van der Waals surface area contributed by atoms with E-state index in [4.69, 9.17) is 15.6 Å². The molecule has 0 saturated heterocycles. The highest BCUT2D eigenvalue weighted by molar-refractivity contribution is 7.89. The van der Waals surface area contributed by atoms with Crippen LogP contribution in [-0.2, 0) is 10.0 Å². The van der Waals surface area contributed by atoms with Gasteiger partial charge in [0.25, 0.3) is 0 Å². The molecule has 0 atom stereocenters. The monoisotopic (exact) mass is 278 g/mol. The van der Waals surface area contributed by atoms with Gasteiger partial charge < -0.3 is 10.5 Å². The molecular formula is C13H14N2O3S. The summed E-state index contributed by atoms with van der Waals surface area (Å²) in [6, 6.07) is 11.8. The zero-order valence-corrected chi connectivity index (χ0v) is 11.1. The summed E-state index contributed by atoms with van der Waals surface area (Å²) in [5.41, 5.74) is 6.78. The van der Waals surface area contributed by atoms with E-state index in [1.54, 1.807) is 6.07 Å². The molecule has 0 unspecified atom stereocenters. The fourth-order valence-corrected chi connectivity index (χ4v) is 2.31. The topological polar surface area (TPSA) is 95.4 Å². The maximum absolute atomic E-state index is 11.2. The lowest BCUT2D eigenvalue weighted by Crippen LogP contribution is -2.14. The van der Waals surface area contributed by atoms with Gasteiger partial charge in [-0.3, -0.25) is 0 Å². The molecule has 2 aromatic rings. The van der Waals surface area contributed by atoms with Gasteiger partial charge in [-0.05, 0) is 36.8 Å². The van der Waals surface area contributed by atoms with E-state index in [0.717, 1.165) is 5.56 Å². The summed E-state index contributed by atoms with van der Waals surface area (Å²) >= 11 is 0. The third-order valence-corrected chi connectivity index (χ3v) is 3.50. The summed E-state index contributed by atoms with van der Waals surface area (Å²) < 4.78 is 28.0. The van der Waals surface area contributed by atoms with Crippen LogP contribution < -0.4 is 15.6 Å². The summed E-state index contributed by atoms with van der Waals surface area (Å²) in [5.74, 6) is 1.11. The molecular weight excluding hydrogens is 264 g/mol. The number of sulfonamides is 1. The van der Waals surface area contributed by atoms with Gasteiger partial charge >= 0.3 is 0 Å². The van der Waals surface area contributed by atoms with Crippen molar-refractivity contribution in [1.82, 2.24) is 0 Å². The van der Waals surface area contributed by atoms with Crippen LogP contribution in [-0.4, -0.2) is 8.42 Å². The highest BCUT2D eigenvalue weighted by Crippen LogP contribution is 2.27. The van der Waals surface area contributed by atoms with Crippen LogP contribution in [0, 0.1) is 6.92 Å². The molecule has 2 rings (SSSR count). The molecule has 100 valence electrons. The zero-order valence-electron chi connectivity index (χ0n) is 10.3. The van der Waals surface area contributed by atoms with E-state index in [1.165, 1.54) is 18.2 Å². The van der Waals surface area contributed by atoms with Gasteiger partial charge in [-0.25, -0.2) is 13.6 Å². The maximum atomic E-state index is 11.2. The van der Waals surface area contributed by atoms with Crippen LogP contribution in [0.2, 0.25) is 0 Å². The molecule has 0 radical (unpaired) electrons. The minimum Gasteiger partial charge on any atom is -0.457 e. The molecule has 0 spiro atoms. The maximum Gasteiger partial charge on any atom is 0.240 e. The number of primary sulfonamides is 1. The van der Waals surface area contributed by atoms with Crippen LogP contribution in [0.5, 0.6) is 11.5 Å². The van der Waals surface area contributed by atoms with Crippen molar-refractivity contribution in [3.8, 4) is 11.5 Å². The lowest BCUT2D eigenvalue weighted by molar-refractivity contribution is 0.482. The average Bonchev–Trinajstić information content (AvgIpc) is 2.27. The fourth-order valence-electron chi connectivity index (χ4n) is 1.66. The molecule has 19 heavy (non-hydrogen) atoms. The summed E-state index contributed by atoms with van der Waals surface area (Å²) in [7, 11) is -3.81. The molecule has 0 heterocycles. The van der Waals surface area contributed by atoms with Crippen molar-refractivity contribution in [2.75, 3.05) is 5.73 Å². The summed E-state index contributed by atoms with van der Waals surface area (Å²) in [4.78, 5) is -0.107. The van der Waals surface area contributed by atoms with Crippen molar-refractivity contribution in [3.63, 3.8) is 0 Å². The quantitative estimate of drug-likeness (QED) is 0.839. The van der Waals surface area contributed by atoms with Gasteiger partial charge in [-0.1, -0.05) is 12.1 Å². The van der Waals surface area contributed by atoms with Crippen molar-refractivity contribution in [2.24, 2.45) is 5.14 Å². The lowest BCUT2D eigenvalue weighted by Gasteiger charge is -2.09. The second kappa shape index (κ2) is 4.91. The third-order valence-electron chi connectivity index (χ3n) is 2.51. The molecule has 0 fully saturated rings. The number of rotatable bonds is 3. The van der Waals surface area contributed by atoms with Crippen LogP contribution in [0.15, 0.2) is 47.4 Å². The van der Waals surface area contributed by atoms with Crippen LogP contribution in [0.1, 0.15) is 5.56 Å². The molecule has 4 N–H and O–H groups in total. The van der Waals surface area contributed by atoms with E-state index in [9.17, 15) is 8.42 Å². The van der Waals surface area contributed by atoms with Gasteiger partial charge in [-0.2, -0.15) is 0 Å². The first-order chi connectivity index (χ1) is 8.86. The van der Waals surface area contributed by atoms with E-state index in [2.05, 4.69) is 0 Å².